The van der Waals surface area contributed by atoms with Crippen molar-refractivity contribution in [3.8, 4) is 5.75 Å². The predicted molar refractivity (Wildman–Crippen MR) is 76.4 cm³/mol. The monoisotopic (exact) mass is 299 g/mol. The summed E-state index contributed by atoms with van der Waals surface area (Å²) >= 11 is 0. The molecule has 1 aliphatic rings. The summed E-state index contributed by atoms with van der Waals surface area (Å²) in [5, 5.41) is 0. The third-order valence-electron chi connectivity index (χ3n) is 3.37. The molecule has 0 bridgehead atoms. The first-order chi connectivity index (χ1) is 9.62. The minimum absolute atomic E-state index is 0.0811. The van der Waals surface area contributed by atoms with Crippen LogP contribution in [-0.4, -0.2) is 34.8 Å². The van der Waals surface area contributed by atoms with Gasteiger partial charge in [0.15, 0.2) is 0 Å². The highest BCUT2D eigenvalue weighted by molar-refractivity contribution is 7.89. The van der Waals surface area contributed by atoms with Gasteiger partial charge in [0.25, 0.3) is 0 Å². The standard InChI is InChI=1S/C14H21NO4S/c1-18-10-11-19-13-6-8-14(9-7-13)20(16,17)15-12-4-2-3-5-12/h6-9,12,15H,2-5,10-11H2,1H3. The minimum Gasteiger partial charge on any atom is -0.491 e. The summed E-state index contributed by atoms with van der Waals surface area (Å²) in [6, 6.07) is 6.55. The van der Waals surface area contributed by atoms with Crippen molar-refractivity contribution in [1.82, 2.24) is 4.72 Å². The number of sulfonamides is 1. The molecule has 1 saturated carbocycles. The fraction of sp³-hybridized carbons (Fsp3) is 0.571. The van der Waals surface area contributed by atoms with Crippen LogP contribution in [0, 0.1) is 0 Å². The summed E-state index contributed by atoms with van der Waals surface area (Å²) in [7, 11) is -1.81. The third-order valence-corrected chi connectivity index (χ3v) is 4.90. The molecule has 20 heavy (non-hydrogen) atoms. The van der Waals surface area contributed by atoms with Crippen LogP contribution in [0.5, 0.6) is 5.75 Å². The van der Waals surface area contributed by atoms with Crippen molar-refractivity contribution in [2.45, 2.75) is 36.6 Å². The van der Waals surface area contributed by atoms with Gasteiger partial charge in [-0.1, -0.05) is 12.8 Å². The number of rotatable bonds is 7. The van der Waals surface area contributed by atoms with Gasteiger partial charge in [0.2, 0.25) is 10.0 Å². The average molecular weight is 299 g/mol. The summed E-state index contributed by atoms with van der Waals surface area (Å²) in [5.41, 5.74) is 0. The Hall–Kier alpha value is -1.11. The normalized spacial score (nSPS) is 16.4. The molecule has 5 nitrogen and oxygen atoms in total. The van der Waals surface area contributed by atoms with Gasteiger partial charge in [-0.25, -0.2) is 13.1 Å². The van der Waals surface area contributed by atoms with E-state index in [1.807, 2.05) is 0 Å². The highest BCUT2D eigenvalue weighted by Crippen LogP contribution is 2.21. The van der Waals surface area contributed by atoms with Gasteiger partial charge in [-0.15, -0.1) is 0 Å². The summed E-state index contributed by atoms with van der Waals surface area (Å²) in [6.45, 7) is 0.951. The van der Waals surface area contributed by atoms with Crippen LogP contribution in [0.4, 0.5) is 0 Å². The van der Waals surface area contributed by atoms with E-state index >= 15 is 0 Å². The Bertz CT molecular complexity index is 506. The van der Waals surface area contributed by atoms with Crippen LogP contribution in [0.15, 0.2) is 29.2 Å². The molecule has 0 radical (unpaired) electrons. The molecule has 0 atom stereocenters. The molecule has 1 fully saturated rings. The molecule has 112 valence electrons. The van der Waals surface area contributed by atoms with Crippen molar-refractivity contribution >= 4 is 10.0 Å². The van der Waals surface area contributed by atoms with Crippen LogP contribution in [0.2, 0.25) is 0 Å². The van der Waals surface area contributed by atoms with E-state index in [0.717, 1.165) is 25.7 Å². The fourth-order valence-corrected chi connectivity index (χ4v) is 3.59. The van der Waals surface area contributed by atoms with Crippen molar-refractivity contribution in [2.24, 2.45) is 0 Å². The van der Waals surface area contributed by atoms with Gasteiger partial charge in [-0.05, 0) is 37.1 Å². The van der Waals surface area contributed by atoms with Crippen LogP contribution in [0.3, 0.4) is 0 Å². The Kier molecular flexibility index (Phi) is 5.39. The number of nitrogens with one attached hydrogen (secondary N) is 1. The third kappa shape index (κ3) is 4.19. The summed E-state index contributed by atoms with van der Waals surface area (Å²) in [6.07, 6.45) is 4.05. The van der Waals surface area contributed by atoms with Gasteiger partial charge >= 0.3 is 0 Å². The maximum Gasteiger partial charge on any atom is 0.240 e. The zero-order valence-corrected chi connectivity index (χ0v) is 12.5. The van der Waals surface area contributed by atoms with Crippen molar-refractivity contribution < 1.29 is 17.9 Å². The van der Waals surface area contributed by atoms with Crippen LogP contribution in [0.1, 0.15) is 25.7 Å². The van der Waals surface area contributed by atoms with E-state index in [-0.39, 0.29) is 10.9 Å². The van der Waals surface area contributed by atoms with Crippen LogP contribution >= 0.6 is 0 Å². The van der Waals surface area contributed by atoms with E-state index in [9.17, 15) is 8.42 Å². The van der Waals surface area contributed by atoms with E-state index in [1.165, 1.54) is 0 Å². The Balaban J connectivity index is 1.97. The molecule has 1 aromatic rings. The van der Waals surface area contributed by atoms with E-state index in [1.54, 1.807) is 31.4 Å². The Morgan fingerprint density at radius 3 is 2.40 bits per heavy atom. The van der Waals surface area contributed by atoms with E-state index < -0.39 is 10.0 Å². The molecule has 2 rings (SSSR count). The lowest BCUT2D eigenvalue weighted by Crippen LogP contribution is -2.32. The zero-order chi connectivity index (χ0) is 14.4. The van der Waals surface area contributed by atoms with E-state index in [0.29, 0.717) is 19.0 Å². The maximum absolute atomic E-state index is 12.2. The maximum atomic E-state index is 12.2. The minimum atomic E-state index is -3.42. The second-order valence-electron chi connectivity index (χ2n) is 4.92. The molecular weight excluding hydrogens is 278 g/mol. The predicted octanol–water partition coefficient (Wildman–Crippen LogP) is 1.93. The molecular formula is C14H21NO4S. The number of benzene rings is 1. The molecule has 0 aromatic heterocycles. The summed E-state index contributed by atoms with van der Waals surface area (Å²) in [4.78, 5) is 0.281. The first-order valence-corrected chi connectivity index (χ1v) is 8.34. The highest BCUT2D eigenvalue weighted by atomic mass is 32.2. The van der Waals surface area contributed by atoms with Crippen LogP contribution in [-0.2, 0) is 14.8 Å². The van der Waals surface area contributed by atoms with Crippen molar-refractivity contribution in [2.75, 3.05) is 20.3 Å². The second kappa shape index (κ2) is 7.06. The highest BCUT2D eigenvalue weighted by Gasteiger charge is 2.22. The molecule has 0 saturated heterocycles. The Labute approximate surface area is 120 Å². The lowest BCUT2D eigenvalue weighted by Gasteiger charge is -2.13. The summed E-state index contributed by atoms with van der Waals surface area (Å²) in [5.74, 6) is 0.641. The van der Waals surface area contributed by atoms with Gasteiger partial charge in [0, 0.05) is 13.2 Å². The van der Waals surface area contributed by atoms with Crippen molar-refractivity contribution in [1.29, 1.82) is 0 Å². The molecule has 1 N–H and O–H groups in total. The molecule has 6 heteroatoms. The van der Waals surface area contributed by atoms with Crippen LogP contribution < -0.4 is 9.46 Å². The number of methoxy groups -OCH3 is 1. The molecule has 0 aliphatic heterocycles. The molecule has 0 spiro atoms. The number of hydrogen-bond acceptors (Lipinski definition) is 4. The largest absolute Gasteiger partial charge is 0.491 e. The van der Waals surface area contributed by atoms with Gasteiger partial charge in [0.1, 0.15) is 12.4 Å². The Morgan fingerprint density at radius 1 is 1.15 bits per heavy atom. The quantitative estimate of drug-likeness (QED) is 0.781. The number of ether oxygens (including phenoxy) is 2. The topological polar surface area (TPSA) is 64.6 Å². The zero-order valence-electron chi connectivity index (χ0n) is 11.7. The SMILES string of the molecule is COCCOc1ccc(S(=O)(=O)NC2CCCC2)cc1. The first kappa shape index (κ1) is 15.3. The molecule has 0 unspecified atom stereocenters. The van der Waals surface area contributed by atoms with E-state index in [4.69, 9.17) is 9.47 Å². The van der Waals surface area contributed by atoms with Crippen molar-refractivity contribution in [3.05, 3.63) is 24.3 Å². The lowest BCUT2D eigenvalue weighted by atomic mass is 10.3. The van der Waals surface area contributed by atoms with Gasteiger partial charge in [-0.3, -0.25) is 0 Å². The lowest BCUT2D eigenvalue weighted by molar-refractivity contribution is 0.146. The van der Waals surface area contributed by atoms with Gasteiger partial charge in [-0.2, -0.15) is 0 Å². The summed E-state index contributed by atoms with van der Waals surface area (Å²) < 4.78 is 37.4. The second-order valence-corrected chi connectivity index (χ2v) is 6.63. The van der Waals surface area contributed by atoms with Crippen LogP contribution in [0.25, 0.3) is 0 Å². The van der Waals surface area contributed by atoms with Gasteiger partial charge < -0.3 is 9.47 Å². The van der Waals surface area contributed by atoms with Crippen molar-refractivity contribution in [3.63, 3.8) is 0 Å². The van der Waals surface area contributed by atoms with Gasteiger partial charge in [0.05, 0.1) is 11.5 Å². The Morgan fingerprint density at radius 2 is 1.80 bits per heavy atom. The smallest absolute Gasteiger partial charge is 0.240 e. The average Bonchev–Trinajstić information content (AvgIpc) is 2.92. The molecule has 1 aromatic carbocycles. The number of hydrogen-bond donors (Lipinski definition) is 1. The molecule has 0 amide bonds. The first-order valence-electron chi connectivity index (χ1n) is 6.86. The molecule has 1 aliphatic carbocycles. The molecule has 0 heterocycles. The fourth-order valence-electron chi connectivity index (χ4n) is 2.29. The van der Waals surface area contributed by atoms with E-state index in [2.05, 4.69) is 4.72 Å².